The molecular weight excluding hydrogens is 475 g/mol. The van der Waals surface area contributed by atoms with Crippen molar-refractivity contribution >= 4 is 58.4 Å². The number of hydrogen-bond acceptors (Lipinski definition) is 3. The largest absolute Gasteiger partial charge is 0.352 e. The minimum absolute atomic E-state index is 0.0243. The van der Waals surface area contributed by atoms with E-state index in [0.717, 1.165) is 11.3 Å². The van der Waals surface area contributed by atoms with Crippen molar-refractivity contribution < 1.29 is 9.59 Å². The number of thioether (sulfide) groups is 1. The van der Waals surface area contributed by atoms with Gasteiger partial charge in [0.2, 0.25) is 11.8 Å². The fraction of sp³-hybridized carbons (Fsp3) is 0.391. The van der Waals surface area contributed by atoms with E-state index in [9.17, 15) is 9.59 Å². The van der Waals surface area contributed by atoms with Crippen molar-refractivity contribution in [2.75, 3.05) is 5.75 Å². The van der Waals surface area contributed by atoms with E-state index >= 15 is 0 Å². The van der Waals surface area contributed by atoms with Crippen molar-refractivity contribution in [3.05, 3.63) is 63.1 Å². The quantitative estimate of drug-likeness (QED) is 0.380. The Balaban J connectivity index is 2.14. The zero-order chi connectivity index (χ0) is 23.0. The van der Waals surface area contributed by atoms with Gasteiger partial charge in [-0.05, 0) is 56.7 Å². The van der Waals surface area contributed by atoms with Gasteiger partial charge in [-0.2, -0.15) is 0 Å². The summed E-state index contributed by atoms with van der Waals surface area (Å²) < 4.78 is 0. The normalized spacial score (nSPS) is 12.8. The molecule has 0 saturated carbocycles. The molecule has 0 unspecified atom stereocenters. The van der Waals surface area contributed by atoms with Crippen LogP contribution in [0.2, 0.25) is 15.1 Å². The van der Waals surface area contributed by atoms with Crippen molar-refractivity contribution in [3.63, 3.8) is 0 Å². The molecule has 1 N–H and O–H groups in total. The second-order valence-electron chi connectivity index (χ2n) is 7.27. The molecule has 2 aromatic carbocycles. The molecule has 0 aliphatic heterocycles. The van der Waals surface area contributed by atoms with E-state index in [1.807, 2.05) is 38.1 Å². The van der Waals surface area contributed by atoms with Crippen molar-refractivity contribution in [3.8, 4) is 0 Å². The molecule has 0 fully saturated rings. The lowest BCUT2D eigenvalue weighted by molar-refractivity contribution is -0.140. The Morgan fingerprint density at radius 2 is 1.65 bits per heavy atom. The van der Waals surface area contributed by atoms with Crippen LogP contribution in [0.15, 0.2) is 47.4 Å². The monoisotopic (exact) mass is 500 g/mol. The van der Waals surface area contributed by atoms with E-state index in [0.29, 0.717) is 26.4 Å². The molecule has 2 atom stereocenters. The van der Waals surface area contributed by atoms with Gasteiger partial charge < -0.3 is 10.2 Å². The van der Waals surface area contributed by atoms with Crippen LogP contribution in [-0.2, 0) is 16.1 Å². The first-order valence-electron chi connectivity index (χ1n) is 10.1. The smallest absolute Gasteiger partial charge is 0.242 e. The molecule has 0 heterocycles. The molecule has 0 saturated heterocycles. The molecule has 0 spiro atoms. The maximum atomic E-state index is 13.1. The topological polar surface area (TPSA) is 49.4 Å². The lowest BCUT2D eigenvalue weighted by Crippen LogP contribution is -2.49. The predicted octanol–water partition coefficient (Wildman–Crippen LogP) is 6.46. The standard InChI is InChI=1S/C23H27Cl3N2O2S/c1-4-15(2)27-23(30)16(3)28(14-19-20(25)6-5-7-21(19)26)22(29)12-13-31-18-10-8-17(24)9-11-18/h5-11,15-16H,4,12-14H2,1-3H3,(H,27,30)/t15-,16-/m1/s1. The number of benzene rings is 2. The summed E-state index contributed by atoms with van der Waals surface area (Å²) in [6.45, 7) is 5.82. The average Bonchev–Trinajstić information content (AvgIpc) is 2.74. The van der Waals surface area contributed by atoms with Crippen LogP contribution in [0.5, 0.6) is 0 Å². The van der Waals surface area contributed by atoms with Crippen LogP contribution in [-0.4, -0.2) is 34.6 Å². The van der Waals surface area contributed by atoms with E-state index in [1.54, 1.807) is 41.8 Å². The molecule has 0 bridgehead atoms. The van der Waals surface area contributed by atoms with Crippen molar-refractivity contribution in [1.29, 1.82) is 0 Å². The lowest BCUT2D eigenvalue weighted by atomic mass is 10.1. The number of nitrogens with zero attached hydrogens (tertiary/aromatic N) is 1. The highest BCUT2D eigenvalue weighted by Crippen LogP contribution is 2.27. The number of rotatable bonds is 10. The zero-order valence-electron chi connectivity index (χ0n) is 17.8. The third-order valence-electron chi connectivity index (χ3n) is 4.96. The lowest BCUT2D eigenvalue weighted by Gasteiger charge is -2.30. The van der Waals surface area contributed by atoms with Crippen LogP contribution in [0.3, 0.4) is 0 Å². The highest BCUT2D eigenvalue weighted by molar-refractivity contribution is 7.99. The number of carbonyl (C=O) groups is 2. The van der Waals surface area contributed by atoms with Gasteiger partial charge in [-0.25, -0.2) is 0 Å². The minimum atomic E-state index is -0.658. The fourth-order valence-corrected chi connectivity index (χ4v) is 4.32. The highest BCUT2D eigenvalue weighted by atomic mass is 35.5. The van der Waals surface area contributed by atoms with Gasteiger partial charge in [-0.1, -0.05) is 47.8 Å². The first-order valence-corrected chi connectivity index (χ1v) is 12.3. The summed E-state index contributed by atoms with van der Waals surface area (Å²) >= 11 is 20.1. The molecule has 0 radical (unpaired) electrons. The molecule has 0 aliphatic rings. The molecule has 8 heteroatoms. The summed E-state index contributed by atoms with van der Waals surface area (Å²) in [6, 6.07) is 12.0. The van der Waals surface area contributed by atoms with Crippen LogP contribution in [0.4, 0.5) is 0 Å². The van der Waals surface area contributed by atoms with Crippen LogP contribution in [0.1, 0.15) is 39.2 Å². The Hall–Kier alpha value is -1.40. The Labute approximate surface area is 203 Å². The first kappa shape index (κ1) is 25.9. The zero-order valence-corrected chi connectivity index (χ0v) is 20.9. The van der Waals surface area contributed by atoms with E-state index < -0.39 is 6.04 Å². The van der Waals surface area contributed by atoms with E-state index in [1.165, 1.54) is 0 Å². The van der Waals surface area contributed by atoms with Gasteiger partial charge in [0.15, 0.2) is 0 Å². The molecule has 2 amide bonds. The summed E-state index contributed by atoms with van der Waals surface area (Å²) in [5.74, 6) is 0.243. The minimum Gasteiger partial charge on any atom is -0.352 e. The second kappa shape index (κ2) is 12.6. The van der Waals surface area contributed by atoms with E-state index in [2.05, 4.69) is 5.32 Å². The van der Waals surface area contributed by atoms with Gasteiger partial charge in [0.1, 0.15) is 6.04 Å². The van der Waals surface area contributed by atoms with Gasteiger partial charge in [0.05, 0.1) is 0 Å². The van der Waals surface area contributed by atoms with Crippen LogP contribution in [0, 0.1) is 0 Å². The summed E-state index contributed by atoms with van der Waals surface area (Å²) in [5.41, 5.74) is 0.632. The second-order valence-corrected chi connectivity index (χ2v) is 9.69. The molecule has 2 aromatic rings. The Bertz CT molecular complexity index is 873. The molecule has 4 nitrogen and oxygen atoms in total. The molecule has 31 heavy (non-hydrogen) atoms. The SMILES string of the molecule is CC[C@@H](C)NC(=O)[C@@H](C)N(Cc1c(Cl)cccc1Cl)C(=O)CCSc1ccc(Cl)cc1. The maximum Gasteiger partial charge on any atom is 0.242 e. The number of hydrogen-bond donors (Lipinski definition) is 1. The van der Waals surface area contributed by atoms with Crippen molar-refractivity contribution in [1.82, 2.24) is 10.2 Å². The summed E-state index contributed by atoms with van der Waals surface area (Å²) in [6.07, 6.45) is 1.08. The van der Waals surface area contributed by atoms with Gasteiger partial charge >= 0.3 is 0 Å². The third-order valence-corrected chi connectivity index (χ3v) is 6.93. The molecular formula is C23H27Cl3N2O2S. The Morgan fingerprint density at radius 3 is 2.23 bits per heavy atom. The van der Waals surface area contributed by atoms with Gasteiger partial charge in [-0.3, -0.25) is 9.59 Å². The van der Waals surface area contributed by atoms with Crippen LogP contribution < -0.4 is 5.32 Å². The number of amides is 2. The van der Waals surface area contributed by atoms with E-state index in [4.69, 9.17) is 34.8 Å². The highest BCUT2D eigenvalue weighted by Gasteiger charge is 2.27. The summed E-state index contributed by atoms with van der Waals surface area (Å²) in [7, 11) is 0. The fourth-order valence-electron chi connectivity index (χ4n) is 2.83. The molecule has 2 rings (SSSR count). The Morgan fingerprint density at radius 1 is 1.03 bits per heavy atom. The summed E-state index contributed by atoms with van der Waals surface area (Å²) in [5, 5.41) is 4.56. The molecule has 168 valence electrons. The van der Waals surface area contributed by atoms with Gasteiger partial charge in [-0.15, -0.1) is 11.8 Å². The van der Waals surface area contributed by atoms with Crippen molar-refractivity contribution in [2.45, 2.75) is 57.1 Å². The third kappa shape index (κ3) is 7.90. The summed E-state index contributed by atoms with van der Waals surface area (Å²) in [4.78, 5) is 28.5. The van der Waals surface area contributed by atoms with Crippen LogP contribution in [0.25, 0.3) is 0 Å². The first-order chi connectivity index (χ1) is 14.7. The molecule has 0 aromatic heterocycles. The average molecular weight is 502 g/mol. The Kier molecular flexibility index (Phi) is 10.5. The van der Waals surface area contributed by atoms with Gasteiger partial charge in [0, 0.05) is 50.3 Å². The maximum absolute atomic E-state index is 13.1. The predicted molar refractivity (Wildman–Crippen MR) is 131 cm³/mol. The number of halogens is 3. The van der Waals surface area contributed by atoms with Gasteiger partial charge in [0.25, 0.3) is 0 Å². The number of nitrogens with one attached hydrogen (secondary N) is 1. The van der Waals surface area contributed by atoms with Crippen molar-refractivity contribution in [2.24, 2.45) is 0 Å². The number of carbonyl (C=O) groups excluding carboxylic acids is 2. The van der Waals surface area contributed by atoms with E-state index in [-0.39, 0.29) is 30.8 Å². The van der Waals surface area contributed by atoms with Crippen LogP contribution >= 0.6 is 46.6 Å². The molecule has 0 aliphatic carbocycles.